The topological polar surface area (TPSA) is 0 Å². The van der Waals surface area contributed by atoms with E-state index in [4.69, 9.17) is 0 Å². The summed E-state index contributed by atoms with van der Waals surface area (Å²) in [6.07, 6.45) is 9.53. The first-order valence-corrected chi connectivity index (χ1v) is 10.9. The molecule has 104 valence electrons. The van der Waals surface area contributed by atoms with Crippen LogP contribution < -0.4 is 24.8 Å². The summed E-state index contributed by atoms with van der Waals surface area (Å²) < 4.78 is 1.52. The monoisotopic (exact) mass is 480 g/mol. The van der Waals surface area contributed by atoms with Gasteiger partial charge in [-0.25, -0.2) is 0 Å². The van der Waals surface area contributed by atoms with Crippen molar-refractivity contribution in [2.45, 2.75) is 7.35 Å². The summed E-state index contributed by atoms with van der Waals surface area (Å²) >= 11 is -0.790. The number of halogens is 2. The molecule has 3 heteroatoms. The van der Waals surface area contributed by atoms with Crippen molar-refractivity contribution in [3.8, 4) is 0 Å². The van der Waals surface area contributed by atoms with Crippen LogP contribution in [0.3, 0.4) is 0 Å². The van der Waals surface area contributed by atoms with Crippen molar-refractivity contribution in [2.75, 3.05) is 0 Å². The normalized spacial score (nSPS) is 20.0. The molecule has 2 aromatic rings. The van der Waals surface area contributed by atoms with E-state index >= 15 is 0 Å². The summed E-state index contributed by atoms with van der Waals surface area (Å²) in [4.78, 5) is 0. The predicted octanol–water partition coefficient (Wildman–Crippen LogP) is -1.39. The third-order valence-corrected chi connectivity index (χ3v) is 10.2. The molecule has 0 radical (unpaired) electrons. The molecule has 0 heterocycles. The van der Waals surface area contributed by atoms with Crippen LogP contribution in [-0.2, 0) is 22.9 Å². The molecule has 0 amide bonds. The fourth-order valence-corrected chi connectivity index (χ4v) is 9.04. The first-order chi connectivity index (χ1) is 9.42. The van der Waals surface area contributed by atoms with Gasteiger partial charge < -0.3 is 24.8 Å². The maximum atomic E-state index is 2.45. The van der Waals surface area contributed by atoms with E-state index < -0.39 is 22.9 Å². The summed E-state index contributed by atoms with van der Waals surface area (Å²) in [5.41, 5.74) is 6.03. The molecule has 0 bridgehead atoms. The minimum atomic E-state index is -0.790. The third-order valence-electron chi connectivity index (χ3n) is 3.96. The van der Waals surface area contributed by atoms with Crippen molar-refractivity contribution in [1.82, 2.24) is 0 Å². The SMILES string of the molecule is C1=C[CH]([Hf+2][CH]2C=Cc3ccccc32)c2ccccc21.[Cl-].[Cl-]. The number of fused-ring (bicyclic) bond motifs is 2. The van der Waals surface area contributed by atoms with Gasteiger partial charge in [0.05, 0.1) is 0 Å². The largest absolute Gasteiger partial charge is 1.00 e. The van der Waals surface area contributed by atoms with Crippen LogP contribution in [0.25, 0.3) is 12.2 Å². The van der Waals surface area contributed by atoms with Crippen molar-refractivity contribution >= 4 is 12.2 Å². The molecule has 2 atom stereocenters. The zero-order valence-corrected chi connectivity index (χ0v) is 16.4. The number of allylic oxidation sites excluding steroid dienone is 2. The fraction of sp³-hybridized carbons (Fsp3) is 0.111. The Balaban J connectivity index is 0.000000807. The van der Waals surface area contributed by atoms with E-state index in [1.165, 1.54) is 11.1 Å². The Kier molecular flexibility index (Phi) is 5.65. The number of hydrogen-bond acceptors (Lipinski definition) is 0. The van der Waals surface area contributed by atoms with E-state index in [0.29, 0.717) is 0 Å². The molecule has 2 aliphatic carbocycles. The molecule has 2 unspecified atom stereocenters. The molecule has 0 nitrogen and oxygen atoms in total. The number of hydrogen-bond donors (Lipinski definition) is 0. The van der Waals surface area contributed by atoms with Crippen molar-refractivity contribution < 1.29 is 47.7 Å². The van der Waals surface area contributed by atoms with Crippen LogP contribution in [-0.4, -0.2) is 0 Å². The predicted molar refractivity (Wildman–Crippen MR) is 76.4 cm³/mol. The van der Waals surface area contributed by atoms with Gasteiger partial charge in [-0.3, -0.25) is 0 Å². The summed E-state index contributed by atoms with van der Waals surface area (Å²) in [5.74, 6) is 0. The van der Waals surface area contributed by atoms with Gasteiger partial charge in [0.15, 0.2) is 0 Å². The number of benzene rings is 2. The van der Waals surface area contributed by atoms with Gasteiger partial charge in [-0.15, -0.1) is 0 Å². The second-order valence-electron chi connectivity index (χ2n) is 5.10. The van der Waals surface area contributed by atoms with Crippen LogP contribution in [0.2, 0.25) is 0 Å². The Morgan fingerprint density at radius 1 is 0.619 bits per heavy atom. The van der Waals surface area contributed by atoms with E-state index in [9.17, 15) is 0 Å². The second-order valence-corrected chi connectivity index (χ2v) is 10.8. The standard InChI is InChI=1S/2C9H7.2ClH.Hf/c2*1-2-5-9-7-3-6-8(9)4-1;;;/h2*1-7H;2*1H;/q;;;;+2/p-2. The van der Waals surface area contributed by atoms with Crippen molar-refractivity contribution in [2.24, 2.45) is 0 Å². The molecule has 21 heavy (non-hydrogen) atoms. The van der Waals surface area contributed by atoms with Crippen LogP contribution in [0.4, 0.5) is 0 Å². The molecule has 0 saturated carbocycles. The van der Waals surface area contributed by atoms with Gasteiger partial charge in [0.1, 0.15) is 0 Å². The molecule has 0 aliphatic heterocycles. The Hall–Kier alpha value is -0.630. The van der Waals surface area contributed by atoms with Crippen LogP contribution in [0.5, 0.6) is 0 Å². The average molecular weight is 480 g/mol. The Morgan fingerprint density at radius 2 is 1.05 bits per heavy atom. The summed E-state index contributed by atoms with van der Waals surface area (Å²) in [7, 11) is 0. The second kappa shape index (κ2) is 7.09. The quantitative estimate of drug-likeness (QED) is 0.466. The Bertz CT molecular complexity index is 632. The van der Waals surface area contributed by atoms with Crippen molar-refractivity contribution in [3.63, 3.8) is 0 Å². The minimum Gasteiger partial charge on any atom is -1.00 e. The molecule has 2 aromatic carbocycles. The van der Waals surface area contributed by atoms with Crippen LogP contribution >= 0.6 is 0 Å². The van der Waals surface area contributed by atoms with Gasteiger partial charge >= 0.3 is 125 Å². The summed E-state index contributed by atoms with van der Waals surface area (Å²) in [5, 5.41) is 0. The molecule has 0 fully saturated rings. The van der Waals surface area contributed by atoms with E-state index in [-0.39, 0.29) is 24.8 Å². The van der Waals surface area contributed by atoms with Gasteiger partial charge in [0, 0.05) is 0 Å². The van der Waals surface area contributed by atoms with Crippen LogP contribution in [0, 0.1) is 0 Å². The average Bonchev–Trinajstić information content (AvgIpc) is 3.05. The van der Waals surface area contributed by atoms with Gasteiger partial charge in [0.2, 0.25) is 0 Å². The molecular weight excluding hydrogens is 466 g/mol. The maximum Gasteiger partial charge on any atom is -1.00 e. The van der Waals surface area contributed by atoms with E-state index in [0.717, 1.165) is 7.35 Å². The molecular formula is C18H14Cl2Hf. The fourth-order valence-electron chi connectivity index (χ4n) is 2.98. The van der Waals surface area contributed by atoms with Gasteiger partial charge in [0.25, 0.3) is 0 Å². The van der Waals surface area contributed by atoms with E-state index in [2.05, 4.69) is 72.8 Å². The van der Waals surface area contributed by atoms with Crippen molar-refractivity contribution in [3.05, 3.63) is 82.9 Å². The first-order valence-electron chi connectivity index (χ1n) is 6.72. The van der Waals surface area contributed by atoms with Crippen LogP contribution in [0.15, 0.2) is 60.7 Å². The van der Waals surface area contributed by atoms with E-state index in [1.54, 1.807) is 11.1 Å². The first kappa shape index (κ1) is 16.7. The van der Waals surface area contributed by atoms with Gasteiger partial charge in [-0.1, -0.05) is 0 Å². The Labute approximate surface area is 149 Å². The molecule has 0 aromatic heterocycles. The number of rotatable bonds is 2. The molecule has 0 saturated heterocycles. The maximum absolute atomic E-state index is 2.45. The minimum absolute atomic E-state index is 0. The van der Waals surface area contributed by atoms with Crippen molar-refractivity contribution in [1.29, 1.82) is 0 Å². The third kappa shape index (κ3) is 3.11. The molecule has 4 rings (SSSR count). The Morgan fingerprint density at radius 3 is 1.52 bits per heavy atom. The molecule has 0 spiro atoms. The van der Waals surface area contributed by atoms with Gasteiger partial charge in [-0.05, 0) is 0 Å². The molecule has 2 aliphatic rings. The smallest absolute Gasteiger partial charge is 1.00 e. The van der Waals surface area contributed by atoms with Crippen LogP contribution in [0.1, 0.15) is 29.6 Å². The van der Waals surface area contributed by atoms with Gasteiger partial charge in [-0.2, -0.15) is 0 Å². The zero-order chi connectivity index (χ0) is 12.7. The molecule has 0 N–H and O–H groups in total. The summed E-state index contributed by atoms with van der Waals surface area (Å²) in [6.45, 7) is 0. The summed E-state index contributed by atoms with van der Waals surface area (Å²) in [6, 6.07) is 17.8. The van der Waals surface area contributed by atoms with E-state index in [1.807, 2.05) is 0 Å². The zero-order valence-electron chi connectivity index (χ0n) is 11.3.